The second kappa shape index (κ2) is 5.67. The molecule has 1 aromatic heterocycles. The molecule has 0 saturated carbocycles. The number of methoxy groups -OCH3 is 1. The van der Waals surface area contributed by atoms with E-state index in [1.807, 2.05) is 18.3 Å². The molecule has 0 aliphatic carbocycles. The zero-order chi connectivity index (χ0) is 13.9. The summed E-state index contributed by atoms with van der Waals surface area (Å²) in [6, 6.07) is 8.07. The molecule has 1 fully saturated rings. The lowest BCUT2D eigenvalue weighted by Gasteiger charge is -2.33. The van der Waals surface area contributed by atoms with Crippen LogP contribution in [0.1, 0.15) is 12.8 Å². The third-order valence-electron chi connectivity index (χ3n) is 4.10. The summed E-state index contributed by atoms with van der Waals surface area (Å²) in [5.41, 5.74) is 8.84. The largest absolute Gasteiger partial charge is 0.399 e. The Morgan fingerprint density at radius 1 is 1.30 bits per heavy atom. The van der Waals surface area contributed by atoms with Crippen LogP contribution < -0.4 is 10.6 Å². The highest BCUT2D eigenvalue weighted by Gasteiger charge is 2.20. The summed E-state index contributed by atoms with van der Waals surface area (Å²) in [5, 5.41) is 1.19. The fourth-order valence-electron chi connectivity index (χ4n) is 3.00. The number of ether oxygens (including phenoxy) is 1. The molecule has 1 aliphatic rings. The van der Waals surface area contributed by atoms with Crippen molar-refractivity contribution in [2.24, 2.45) is 5.92 Å². The topological polar surface area (TPSA) is 51.4 Å². The van der Waals surface area contributed by atoms with E-state index < -0.39 is 0 Å². The number of nitrogen functional groups attached to an aromatic ring is 1. The van der Waals surface area contributed by atoms with Crippen LogP contribution in [0.2, 0.25) is 0 Å². The van der Waals surface area contributed by atoms with Crippen molar-refractivity contribution in [3.05, 3.63) is 30.5 Å². The molecule has 1 aromatic carbocycles. The lowest BCUT2D eigenvalue weighted by atomic mass is 9.97. The number of fused-ring (bicyclic) bond motifs is 1. The van der Waals surface area contributed by atoms with Gasteiger partial charge in [0.1, 0.15) is 0 Å². The average Bonchev–Trinajstić information content (AvgIpc) is 2.47. The van der Waals surface area contributed by atoms with Gasteiger partial charge in [0.15, 0.2) is 0 Å². The molecule has 2 aromatic rings. The number of hydrogen-bond acceptors (Lipinski definition) is 4. The van der Waals surface area contributed by atoms with Crippen molar-refractivity contribution in [2.75, 3.05) is 37.4 Å². The number of rotatable bonds is 3. The van der Waals surface area contributed by atoms with E-state index in [1.54, 1.807) is 7.11 Å². The summed E-state index contributed by atoms with van der Waals surface area (Å²) in [5.74, 6) is 0.694. The van der Waals surface area contributed by atoms with Gasteiger partial charge in [0.25, 0.3) is 0 Å². The smallest absolute Gasteiger partial charge is 0.0743 e. The number of anilines is 2. The number of benzene rings is 1. The molecule has 3 rings (SSSR count). The number of nitrogens with zero attached hydrogens (tertiary/aromatic N) is 2. The van der Waals surface area contributed by atoms with E-state index >= 15 is 0 Å². The molecule has 0 amide bonds. The molecule has 0 spiro atoms. The minimum absolute atomic E-state index is 0.694. The Labute approximate surface area is 119 Å². The molecule has 4 nitrogen and oxygen atoms in total. The van der Waals surface area contributed by atoms with E-state index in [9.17, 15) is 0 Å². The predicted octanol–water partition coefficient (Wildman–Crippen LogP) is 2.68. The summed E-state index contributed by atoms with van der Waals surface area (Å²) >= 11 is 0. The maximum absolute atomic E-state index is 5.84. The van der Waals surface area contributed by atoms with Crippen molar-refractivity contribution >= 4 is 22.3 Å². The van der Waals surface area contributed by atoms with Gasteiger partial charge in [0.05, 0.1) is 5.52 Å². The van der Waals surface area contributed by atoms with Gasteiger partial charge in [-0.15, -0.1) is 0 Å². The molecule has 1 saturated heterocycles. The summed E-state index contributed by atoms with van der Waals surface area (Å²) < 4.78 is 5.26. The molecule has 20 heavy (non-hydrogen) atoms. The Morgan fingerprint density at radius 2 is 2.10 bits per heavy atom. The van der Waals surface area contributed by atoms with Gasteiger partial charge in [-0.25, -0.2) is 0 Å². The molecule has 0 atom stereocenters. The van der Waals surface area contributed by atoms with Crippen molar-refractivity contribution in [1.82, 2.24) is 4.98 Å². The first-order chi connectivity index (χ1) is 9.78. The summed E-state index contributed by atoms with van der Waals surface area (Å²) in [4.78, 5) is 6.87. The van der Waals surface area contributed by atoms with E-state index in [1.165, 1.54) is 23.9 Å². The lowest BCUT2D eigenvalue weighted by Crippen LogP contribution is -2.35. The van der Waals surface area contributed by atoms with Crippen LogP contribution in [0.4, 0.5) is 11.4 Å². The van der Waals surface area contributed by atoms with Gasteiger partial charge in [-0.3, -0.25) is 4.98 Å². The Bertz CT molecular complexity index is 591. The third kappa shape index (κ3) is 2.56. The maximum Gasteiger partial charge on any atom is 0.0743 e. The summed E-state index contributed by atoms with van der Waals surface area (Å²) in [6.45, 7) is 3.04. The van der Waals surface area contributed by atoms with E-state index in [-0.39, 0.29) is 0 Å². The van der Waals surface area contributed by atoms with Crippen molar-refractivity contribution in [1.29, 1.82) is 0 Å². The molecule has 1 aliphatic heterocycles. The van der Waals surface area contributed by atoms with Gasteiger partial charge in [-0.05, 0) is 43.0 Å². The lowest BCUT2D eigenvalue weighted by molar-refractivity contribution is 0.139. The second-order valence-corrected chi connectivity index (χ2v) is 5.49. The maximum atomic E-state index is 5.84. The first kappa shape index (κ1) is 13.2. The van der Waals surface area contributed by atoms with E-state index in [0.29, 0.717) is 5.92 Å². The number of hydrogen-bond donors (Lipinski definition) is 1. The standard InChI is InChI=1S/C16H21N3O/c1-20-11-12-5-8-19(9-6-12)16-4-7-18-15-10-13(17)2-3-14(15)16/h2-4,7,10,12H,5-6,8-9,11,17H2,1H3. The van der Waals surface area contributed by atoms with Gasteiger partial charge in [-0.1, -0.05) is 0 Å². The Balaban J connectivity index is 1.84. The van der Waals surface area contributed by atoms with Crippen LogP contribution in [-0.4, -0.2) is 31.8 Å². The monoisotopic (exact) mass is 271 g/mol. The van der Waals surface area contributed by atoms with Crippen molar-refractivity contribution < 1.29 is 4.74 Å². The first-order valence-corrected chi connectivity index (χ1v) is 7.16. The van der Waals surface area contributed by atoms with Crippen LogP contribution >= 0.6 is 0 Å². The van der Waals surface area contributed by atoms with E-state index in [0.717, 1.165) is 30.9 Å². The zero-order valence-corrected chi connectivity index (χ0v) is 11.9. The van der Waals surface area contributed by atoms with Gasteiger partial charge < -0.3 is 15.4 Å². The van der Waals surface area contributed by atoms with Crippen molar-refractivity contribution in [3.8, 4) is 0 Å². The third-order valence-corrected chi connectivity index (χ3v) is 4.10. The molecular weight excluding hydrogens is 250 g/mol. The summed E-state index contributed by atoms with van der Waals surface area (Å²) in [7, 11) is 1.78. The normalized spacial score (nSPS) is 16.8. The number of pyridine rings is 1. The molecule has 106 valence electrons. The van der Waals surface area contributed by atoms with Gasteiger partial charge in [0, 0.05) is 49.8 Å². The quantitative estimate of drug-likeness (QED) is 0.872. The second-order valence-electron chi connectivity index (χ2n) is 5.49. The van der Waals surface area contributed by atoms with E-state index in [2.05, 4.69) is 22.0 Å². The number of piperidine rings is 1. The van der Waals surface area contributed by atoms with Crippen LogP contribution in [0, 0.1) is 5.92 Å². The van der Waals surface area contributed by atoms with Crippen LogP contribution in [0.25, 0.3) is 10.9 Å². The first-order valence-electron chi connectivity index (χ1n) is 7.16. The number of nitrogens with two attached hydrogens (primary N) is 1. The molecule has 2 heterocycles. The van der Waals surface area contributed by atoms with Crippen LogP contribution in [-0.2, 0) is 4.74 Å². The molecular formula is C16H21N3O. The SMILES string of the molecule is COCC1CCN(c2ccnc3cc(N)ccc23)CC1. The van der Waals surface area contributed by atoms with Gasteiger partial charge in [0.2, 0.25) is 0 Å². The Hall–Kier alpha value is -1.81. The fraction of sp³-hybridized carbons (Fsp3) is 0.438. The summed E-state index contributed by atoms with van der Waals surface area (Å²) in [6.07, 6.45) is 4.25. The number of aromatic nitrogens is 1. The van der Waals surface area contributed by atoms with Gasteiger partial charge in [-0.2, -0.15) is 0 Å². The van der Waals surface area contributed by atoms with Crippen LogP contribution in [0.15, 0.2) is 30.5 Å². The minimum Gasteiger partial charge on any atom is -0.399 e. The molecule has 4 heteroatoms. The highest BCUT2D eigenvalue weighted by atomic mass is 16.5. The molecule has 0 bridgehead atoms. The van der Waals surface area contributed by atoms with Crippen molar-refractivity contribution in [3.63, 3.8) is 0 Å². The highest BCUT2D eigenvalue weighted by molar-refractivity contribution is 5.93. The molecule has 2 N–H and O–H groups in total. The predicted molar refractivity (Wildman–Crippen MR) is 83.0 cm³/mol. The van der Waals surface area contributed by atoms with Crippen LogP contribution in [0.5, 0.6) is 0 Å². The average molecular weight is 271 g/mol. The van der Waals surface area contributed by atoms with Crippen LogP contribution in [0.3, 0.4) is 0 Å². The minimum atomic E-state index is 0.694. The molecule has 0 radical (unpaired) electrons. The van der Waals surface area contributed by atoms with Gasteiger partial charge >= 0.3 is 0 Å². The fourth-order valence-corrected chi connectivity index (χ4v) is 3.00. The zero-order valence-electron chi connectivity index (χ0n) is 11.9. The molecule has 0 unspecified atom stereocenters. The van der Waals surface area contributed by atoms with E-state index in [4.69, 9.17) is 10.5 Å². The highest BCUT2D eigenvalue weighted by Crippen LogP contribution is 2.30. The Kier molecular flexibility index (Phi) is 3.74. The van der Waals surface area contributed by atoms with Crippen molar-refractivity contribution in [2.45, 2.75) is 12.8 Å². The Morgan fingerprint density at radius 3 is 2.85 bits per heavy atom.